The van der Waals surface area contributed by atoms with Crippen LogP contribution in [0, 0.1) is 17.0 Å². The predicted octanol–water partition coefficient (Wildman–Crippen LogP) is 4.83. The highest BCUT2D eigenvalue weighted by Gasteiger charge is 2.18. The number of non-ortho nitro benzene ring substituents is 1. The van der Waals surface area contributed by atoms with Gasteiger partial charge in [0.2, 0.25) is 0 Å². The first-order chi connectivity index (χ1) is 12.8. The van der Waals surface area contributed by atoms with E-state index < -0.39 is 10.8 Å². The van der Waals surface area contributed by atoms with Crippen molar-refractivity contribution in [3.05, 3.63) is 85.5 Å². The van der Waals surface area contributed by atoms with Gasteiger partial charge in [0.05, 0.1) is 20.5 Å². The van der Waals surface area contributed by atoms with Gasteiger partial charge in [-0.2, -0.15) is 0 Å². The molecule has 0 aliphatic carbocycles. The molecule has 27 heavy (non-hydrogen) atoms. The van der Waals surface area contributed by atoms with Crippen LogP contribution in [0.15, 0.2) is 48.5 Å². The third-order valence-corrected chi connectivity index (χ3v) is 5.07. The van der Waals surface area contributed by atoms with Crippen LogP contribution in [0.4, 0.5) is 5.69 Å². The monoisotopic (exact) mass is 403 g/mol. The molecule has 0 aliphatic rings. The second kappa shape index (κ2) is 7.42. The second-order valence-electron chi connectivity index (χ2n) is 6.03. The first-order valence-corrected chi connectivity index (χ1v) is 8.72. The Kier molecular flexibility index (Phi) is 5.21. The maximum atomic E-state index is 11.8. The molecular formula is C19H15Cl2N3O3. The highest BCUT2D eigenvalue weighted by Crippen LogP contribution is 2.29. The van der Waals surface area contributed by atoms with Crippen molar-refractivity contribution in [2.24, 2.45) is 5.73 Å². The minimum Gasteiger partial charge on any atom is -0.366 e. The summed E-state index contributed by atoms with van der Waals surface area (Å²) in [6, 6.07) is 13.1. The van der Waals surface area contributed by atoms with E-state index >= 15 is 0 Å². The van der Waals surface area contributed by atoms with Crippen molar-refractivity contribution < 1.29 is 9.72 Å². The van der Waals surface area contributed by atoms with E-state index in [9.17, 15) is 14.9 Å². The third kappa shape index (κ3) is 3.82. The third-order valence-electron chi connectivity index (χ3n) is 4.33. The van der Waals surface area contributed by atoms with Crippen LogP contribution in [0.5, 0.6) is 0 Å². The summed E-state index contributed by atoms with van der Waals surface area (Å²) in [6.45, 7) is 2.23. The van der Waals surface area contributed by atoms with Gasteiger partial charge in [0.15, 0.2) is 0 Å². The fourth-order valence-electron chi connectivity index (χ4n) is 2.91. The number of hydrogen-bond acceptors (Lipinski definition) is 3. The Hall–Kier alpha value is -2.83. The quantitative estimate of drug-likeness (QED) is 0.488. The van der Waals surface area contributed by atoms with Crippen LogP contribution in [0.3, 0.4) is 0 Å². The van der Waals surface area contributed by atoms with Crippen LogP contribution in [0.25, 0.3) is 11.3 Å². The SMILES string of the molecule is Cc1c(C(N)=O)cc(-c2ccc([N+](=O)[O-])cc2)n1Cc1ccc(Cl)c(Cl)c1. The van der Waals surface area contributed by atoms with Gasteiger partial charge >= 0.3 is 0 Å². The van der Waals surface area contributed by atoms with Gasteiger partial charge in [-0.3, -0.25) is 14.9 Å². The molecule has 0 spiro atoms. The van der Waals surface area contributed by atoms with E-state index in [0.29, 0.717) is 27.8 Å². The lowest BCUT2D eigenvalue weighted by atomic mass is 10.1. The van der Waals surface area contributed by atoms with E-state index in [-0.39, 0.29) is 5.69 Å². The summed E-state index contributed by atoms with van der Waals surface area (Å²) in [7, 11) is 0. The number of primary amides is 1. The van der Waals surface area contributed by atoms with Crippen LogP contribution < -0.4 is 5.73 Å². The van der Waals surface area contributed by atoms with Gasteiger partial charge in [-0.25, -0.2) is 0 Å². The van der Waals surface area contributed by atoms with Gasteiger partial charge in [0, 0.05) is 30.1 Å². The Morgan fingerprint density at radius 3 is 2.33 bits per heavy atom. The number of nitro groups is 1. The maximum Gasteiger partial charge on any atom is 0.269 e. The Labute approximate surface area is 165 Å². The lowest BCUT2D eigenvalue weighted by Crippen LogP contribution is -2.12. The summed E-state index contributed by atoms with van der Waals surface area (Å²) in [5.41, 5.74) is 8.93. The molecule has 2 aromatic carbocycles. The fraction of sp³-hybridized carbons (Fsp3) is 0.105. The summed E-state index contributed by atoms with van der Waals surface area (Å²) >= 11 is 12.1. The number of nitro benzene ring substituents is 1. The van der Waals surface area contributed by atoms with Crippen LogP contribution in [-0.2, 0) is 6.54 Å². The van der Waals surface area contributed by atoms with Gasteiger partial charge in [0.1, 0.15) is 0 Å². The van der Waals surface area contributed by atoms with Crippen molar-refractivity contribution in [2.45, 2.75) is 13.5 Å². The topological polar surface area (TPSA) is 91.2 Å². The van der Waals surface area contributed by atoms with Gasteiger partial charge in [-0.05, 0) is 48.4 Å². The average Bonchev–Trinajstić information content (AvgIpc) is 2.95. The summed E-state index contributed by atoms with van der Waals surface area (Å²) in [6.07, 6.45) is 0. The molecule has 0 fully saturated rings. The number of carbonyl (C=O) groups is 1. The Bertz CT molecular complexity index is 1040. The number of rotatable bonds is 5. The molecule has 0 saturated heterocycles. The molecule has 1 aromatic heterocycles. The molecule has 0 unspecified atom stereocenters. The van der Waals surface area contributed by atoms with Crippen molar-refractivity contribution in [2.75, 3.05) is 0 Å². The van der Waals surface area contributed by atoms with Crippen molar-refractivity contribution >= 4 is 34.8 Å². The molecule has 1 amide bonds. The molecule has 3 aromatic rings. The predicted molar refractivity (Wildman–Crippen MR) is 105 cm³/mol. The fourth-order valence-corrected chi connectivity index (χ4v) is 3.23. The highest BCUT2D eigenvalue weighted by atomic mass is 35.5. The zero-order valence-electron chi connectivity index (χ0n) is 14.3. The minimum atomic E-state index is -0.538. The van der Waals surface area contributed by atoms with E-state index in [1.54, 1.807) is 37.3 Å². The maximum absolute atomic E-state index is 11.8. The zero-order chi connectivity index (χ0) is 19.7. The highest BCUT2D eigenvalue weighted by molar-refractivity contribution is 6.42. The lowest BCUT2D eigenvalue weighted by Gasteiger charge is -2.13. The number of nitrogens with two attached hydrogens (primary N) is 1. The number of aromatic nitrogens is 1. The summed E-state index contributed by atoms with van der Waals surface area (Å²) in [4.78, 5) is 22.2. The molecule has 0 radical (unpaired) electrons. The van der Waals surface area contributed by atoms with Crippen LogP contribution >= 0.6 is 23.2 Å². The van der Waals surface area contributed by atoms with Crippen LogP contribution in [-0.4, -0.2) is 15.4 Å². The zero-order valence-corrected chi connectivity index (χ0v) is 15.8. The van der Waals surface area contributed by atoms with Gasteiger partial charge in [-0.15, -0.1) is 0 Å². The number of carbonyl (C=O) groups excluding carboxylic acids is 1. The van der Waals surface area contributed by atoms with E-state index in [4.69, 9.17) is 28.9 Å². The smallest absolute Gasteiger partial charge is 0.269 e. The van der Waals surface area contributed by atoms with Crippen LogP contribution in [0.1, 0.15) is 21.6 Å². The number of benzene rings is 2. The molecular weight excluding hydrogens is 389 g/mol. The Balaban J connectivity index is 2.09. The van der Waals surface area contributed by atoms with Crippen LogP contribution in [0.2, 0.25) is 10.0 Å². The number of nitrogens with zero attached hydrogens (tertiary/aromatic N) is 2. The Morgan fingerprint density at radius 1 is 1.11 bits per heavy atom. The van der Waals surface area contributed by atoms with E-state index in [1.165, 1.54) is 12.1 Å². The Morgan fingerprint density at radius 2 is 1.78 bits per heavy atom. The van der Waals surface area contributed by atoms with E-state index in [1.807, 2.05) is 10.6 Å². The van der Waals surface area contributed by atoms with Gasteiger partial charge < -0.3 is 10.3 Å². The second-order valence-corrected chi connectivity index (χ2v) is 6.85. The van der Waals surface area contributed by atoms with Crippen molar-refractivity contribution in [1.82, 2.24) is 4.57 Å². The first-order valence-electron chi connectivity index (χ1n) is 7.96. The molecule has 8 heteroatoms. The first kappa shape index (κ1) is 18.9. The largest absolute Gasteiger partial charge is 0.366 e. The summed E-state index contributed by atoms with van der Waals surface area (Å²) in [5.74, 6) is -0.538. The summed E-state index contributed by atoms with van der Waals surface area (Å²) < 4.78 is 1.92. The summed E-state index contributed by atoms with van der Waals surface area (Å²) in [5, 5.41) is 11.8. The van der Waals surface area contributed by atoms with Crippen molar-refractivity contribution in [1.29, 1.82) is 0 Å². The lowest BCUT2D eigenvalue weighted by molar-refractivity contribution is -0.384. The molecule has 1 heterocycles. The van der Waals surface area contributed by atoms with Gasteiger partial charge in [0.25, 0.3) is 11.6 Å². The minimum absolute atomic E-state index is 0.00631. The van der Waals surface area contributed by atoms with E-state index in [2.05, 4.69) is 0 Å². The molecule has 6 nitrogen and oxygen atoms in total. The molecule has 0 saturated carbocycles. The molecule has 0 bridgehead atoms. The molecule has 0 aliphatic heterocycles. The average molecular weight is 404 g/mol. The van der Waals surface area contributed by atoms with Crippen molar-refractivity contribution in [3.8, 4) is 11.3 Å². The van der Waals surface area contributed by atoms with Crippen molar-refractivity contribution in [3.63, 3.8) is 0 Å². The molecule has 2 N–H and O–H groups in total. The molecule has 0 atom stereocenters. The van der Waals surface area contributed by atoms with E-state index in [0.717, 1.165) is 16.8 Å². The number of halogens is 2. The molecule has 138 valence electrons. The van der Waals surface area contributed by atoms with Gasteiger partial charge in [-0.1, -0.05) is 29.3 Å². The standard InChI is InChI=1S/C19H15Cl2N3O3/c1-11-15(19(22)25)9-18(13-3-5-14(6-4-13)24(26)27)23(11)10-12-2-7-16(20)17(21)8-12/h2-9H,10H2,1H3,(H2,22,25). The molecule has 3 rings (SSSR count). The number of hydrogen-bond donors (Lipinski definition) is 1. The number of amides is 1. The normalized spacial score (nSPS) is 10.8.